The summed E-state index contributed by atoms with van der Waals surface area (Å²) in [5.41, 5.74) is 7.71. The van der Waals surface area contributed by atoms with E-state index < -0.39 is 0 Å². The van der Waals surface area contributed by atoms with Crippen molar-refractivity contribution in [1.82, 2.24) is 9.97 Å². The van der Waals surface area contributed by atoms with Crippen LogP contribution in [-0.2, 0) is 0 Å². The predicted molar refractivity (Wildman–Crippen MR) is 75.8 cm³/mol. The molecule has 0 radical (unpaired) electrons. The van der Waals surface area contributed by atoms with Crippen LogP contribution in [0.25, 0.3) is 0 Å². The number of benzene rings is 1. The van der Waals surface area contributed by atoms with Crippen molar-refractivity contribution >= 4 is 17.4 Å². The van der Waals surface area contributed by atoms with Gasteiger partial charge in [0.05, 0.1) is 0 Å². The normalized spacial score (nSPS) is 10.9. The van der Waals surface area contributed by atoms with Crippen LogP contribution in [0.3, 0.4) is 0 Å². The maximum Gasteiger partial charge on any atom is 0.132 e. The Balaban J connectivity index is 2.32. The molecule has 0 bridgehead atoms. The van der Waals surface area contributed by atoms with Crippen LogP contribution < -0.4 is 5.73 Å². The molecule has 0 atom stereocenters. The minimum Gasteiger partial charge on any atom is -0.398 e. The van der Waals surface area contributed by atoms with E-state index in [0.717, 1.165) is 27.1 Å². The molecule has 2 N–H and O–H groups in total. The maximum atomic E-state index is 5.94. The van der Waals surface area contributed by atoms with Crippen molar-refractivity contribution in [2.45, 2.75) is 36.6 Å². The molecule has 1 heterocycles. The predicted octanol–water partition coefficient (Wildman–Crippen LogP) is 3.64. The maximum absolute atomic E-state index is 5.94. The van der Waals surface area contributed by atoms with E-state index in [0.29, 0.717) is 5.92 Å². The fourth-order valence-corrected chi connectivity index (χ4v) is 2.48. The molecule has 0 amide bonds. The molecule has 0 saturated heterocycles. The van der Waals surface area contributed by atoms with Crippen molar-refractivity contribution < 1.29 is 0 Å². The summed E-state index contributed by atoms with van der Waals surface area (Å²) in [6.07, 6.45) is 0. The van der Waals surface area contributed by atoms with Crippen LogP contribution in [0.15, 0.2) is 40.3 Å². The zero-order valence-corrected chi connectivity index (χ0v) is 11.7. The molecule has 2 aromatic rings. The highest BCUT2D eigenvalue weighted by molar-refractivity contribution is 7.99. The summed E-state index contributed by atoms with van der Waals surface area (Å²) in [6.45, 7) is 6.19. The number of nitrogen functional groups attached to an aromatic ring is 1. The molecule has 4 heteroatoms. The lowest BCUT2D eigenvalue weighted by atomic mass is 10.2. The van der Waals surface area contributed by atoms with Crippen molar-refractivity contribution in [3.05, 3.63) is 41.9 Å². The number of rotatable bonds is 3. The van der Waals surface area contributed by atoms with Crippen LogP contribution in [0.5, 0.6) is 0 Å². The van der Waals surface area contributed by atoms with E-state index in [2.05, 4.69) is 23.8 Å². The van der Waals surface area contributed by atoms with Gasteiger partial charge in [-0.2, -0.15) is 0 Å². The molecule has 0 aliphatic heterocycles. The zero-order chi connectivity index (χ0) is 13.1. The molecule has 3 nitrogen and oxygen atoms in total. The van der Waals surface area contributed by atoms with Crippen LogP contribution in [0.2, 0.25) is 0 Å². The number of aryl methyl sites for hydroxylation is 1. The Bertz CT molecular complexity index is 552. The van der Waals surface area contributed by atoms with Crippen molar-refractivity contribution in [3.63, 3.8) is 0 Å². The summed E-state index contributed by atoms with van der Waals surface area (Å²) < 4.78 is 0. The third-order valence-electron chi connectivity index (χ3n) is 2.50. The fourth-order valence-electron chi connectivity index (χ4n) is 1.56. The Morgan fingerprint density at radius 2 is 1.89 bits per heavy atom. The monoisotopic (exact) mass is 259 g/mol. The summed E-state index contributed by atoms with van der Waals surface area (Å²) in [4.78, 5) is 10.0. The highest BCUT2D eigenvalue weighted by Crippen LogP contribution is 2.31. The number of anilines is 1. The van der Waals surface area contributed by atoms with Gasteiger partial charge in [-0.1, -0.05) is 37.7 Å². The number of nitrogens with two attached hydrogens (primary N) is 1. The third-order valence-corrected chi connectivity index (χ3v) is 3.51. The van der Waals surface area contributed by atoms with Gasteiger partial charge in [0.2, 0.25) is 0 Å². The Hall–Kier alpha value is -1.55. The summed E-state index contributed by atoms with van der Waals surface area (Å²) in [6, 6.07) is 9.81. The summed E-state index contributed by atoms with van der Waals surface area (Å²) in [5.74, 6) is 1.21. The smallest absolute Gasteiger partial charge is 0.132 e. The SMILES string of the molecule is Cc1cc(Sc2ccccc2N)nc(C(C)C)n1. The second kappa shape index (κ2) is 5.40. The van der Waals surface area contributed by atoms with E-state index in [1.807, 2.05) is 37.3 Å². The Morgan fingerprint density at radius 3 is 2.56 bits per heavy atom. The van der Waals surface area contributed by atoms with Crippen LogP contribution in [0.4, 0.5) is 5.69 Å². The minimum atomic E-state index is 0.331. The van der Waals surface area contributed by atoms with Crippen LogP contribution in [0.1, 0.15) is 31.3 Å². The Kier molecular flexibility index (Phi) is 3.87. The first-order chi connectivity index (χ1) is 8.56. The van der Waals surface area contributed by atoms with Gasteiger partial charge in [0, 0.05) is 22.2 Å². The highest BCUT2D eigenvalue weighted by Gasteiger charge is 2.08. The average Bonchev–Trinajstić information content (AvgIpc) is 2.31. The topological polar surface area (TPSA) is 51.8 Å². The van der Waals surface area contributed by atoms with E-state index in [9.17, 15) is 0 Å². The number of nitrogens with zero attached hydrogens (tertiary/aromatic N) is 2. The van der Waals surface area contributed by atoms with Gasteiger partial charge in [-0.15, -0.1) is 0 Å². The van der Waals surface area contributed by atoms with E-state index in [1.165, 1.54) is 0 Å². The van der Waals surface area contributed by atoms with Gasteiger partial charge < -0.3 is 5.73 Å². The number of hydrogen-bond acceptors (Lipinski definition) is 4. The summed E-state index contributed by atoms with van der Waals surface area (Å²) in [7, 11) is 0. The van der Waals surface area contributed by atoms with Gasteiger partial charge in [0.1, 0.15) is 10.9 Å². The quantitative estimate of drug-likeness (QED) is 0.675. The first-order valence-electron chi connectivity index (χ1n) is 5.94. The van der Waals surface area contributed by atoms with E-state index >= 15 is 0 Å². The molecular formula is C14H17N3S. The highest BCUT2D eigenvalue weighted by atomic mass is 32.2. The Labute approximate surface area is 112 Å². The van der Waals surface area contributed by atoms with Gasteiger partial charge in [-0.05, 0) is 25.1 Å². The van der Waals surface area contributed by atoms with Crippen molar-refractivity contribution in [2.75, 3.05) is 5.73 Å². The Morgan fingerprint density at radius 1 is 1.17 bits per heavy atom. The van der Waals surface area contributed by atoms with Gasteiger partial charge in [0.15, 0.2) is 0 Å². The van der Waals surface area contributed by atoms with Crippen molar-refractivity contribution in [2.24, 2.45) is 0 Å². The molecule has 1 aromatic carbocycles. The minimum absolute atomic E-state index is 0.331. The summed E-state index contributed by atoms with van der Waals surface area (Å²) >= 11 is 1.58. The lowest BCUT2D eigenvalue weighted by molar-refractivity contribution is 0.744. The number of para-hydroxylation sites is 1. The largest absolute Gasteiger partial charge is 0.398 e. The van der Waals surface area contributed by atoms with Crippen molar-refractivity contribution in [1.29, 1.82) is 0 Å². The third kappa shape index (κ3) is 3.01. The molecule has 0 aliphatic rings. The zero-order valence-electron chi connectivity index (χ0n) is 10.8. The van der Waals surface area contributed by atoms with Crippen LogP contribution in [-0.4, -0.2) is 9.97 Å². The lowest BCUT2D eigenvalue weighted by Gasteiger charge is -2.09. The molecule has 0 saturated carbocycles. The van der Waals surface area contributed by atoms with Crippen LogP contribution in [0, 0.1) is 6.92 Å². The van der Waals surface area contributed by atoms with E-state index in [1.54, 1.807) is 11.8 Å². The standard InChI is InChI=1S/C14H17N3S/c1-9(2)14-16-10(3)8-13(17-14)18-12-7-5-4-6-11(12)15/h4-9H,15H2,1-3H3. The van der Waals surface area contributed by atoms with Gasteiger partial charge in [-0.25, -0.2) is 9.97 Å². The molecule has 0 unspecified atom stereocenters. The summed E-state index contributed by atoms with van der Waals surface area (Å²) in [5, 5.41) is 0.948. The van der Waals surface area contributed by atoms with E-state index in [-0.39, 0.29) is 0 Å². The average molecular weight is 259 g/mol. The first kappa shape index (κ1) is 12.9. The first-order valence-corrected chi connectivity index (χ1v) is 6.76. The van der Waals surface area contributed by atoms with Gasteiger partial charge in [0.25, 0.3) is 0 Å². The molecule has 2 rings (SSSR count). The molecule has 0 spiro atoms. The molecule has 0 aliphatic carbocycles. The number of hydrogen-bond donors (Lipinski definition) is 1. The van der Waals surface area contributed by atoms with Crippen LogP contribution >= 0.6 is 11.8 Å². The van der Waals surface area contributed by atoms with Gasteiger partial charge in [-0.3, -0.25) is 0 Å². The molecule has 0 fully saturated rings. The van der Waals surface area contributed by atoms with Crippen molar-refractivity contribution in [3.8, 4) is 0 Å². The number of aromatic nitrogens is 2. The van der Waals surface area contributed by atoms with Gasteiger partial charge >= 0.3 is 0 Å². The second-order valence-corrected chi connectivity index (χ2v) is 5.56. The molecule has 1 aromatic heterocycles. The lowest BCUT2D eigenvalue weighted by Crippen LogP contribution is -2.00. The fraction of sp³-hybridized carbons (Fsp3) is 0.286. The molecular weight excluding hydrogens is 242 g/mol. The van der Waals surface area contributed by atoms with E-state index in [4.69, 9.17) is 5.73 Å². The molecule has 18 heavy (non-hydrogen) atoms. The molecule has 94 valence electrons. The second-order valence-electron chi connectivity index (χ2n) is 4.50.